The molecule has 2 heterocycles. The third-order valence-corrected chi connectivity index (χ3v) is 4.28. The summed E-state index contributed by atoms with van der Waals surface area (Å²) in [5.74, 6) is -0.965. The van der Waals surface area contributed by atoms with Crippen LogP contribution in [-0.2, 0) is 6.54 Å². The monoisotopic (exact) mass is 278 g/mol. The SMILES string of the molecule is CCN1CCCC1Cn1c(C)c(C(=O)O)c(C)cc1=O. The number of aromatic nitrogens is 1. The summed E-state index contributed by atoms with van der Waals surface area (Å²) in [5, 5.41) is 9.30. The van der Waals surface area contributed by atoms with Crippen molar-refractivity contribution in [2.45, 2.75) is 46.2 Å². The van der Waals surface area contributed by atoms with Gasteiger partial charge in [-0.25, -0.2) is 4.79 Å². The van der Waals surface area contributed by atoms with Crippen LogP contribution >= 0.6 is 0 Å². The van der Waals surface area contributed by atoms with Crippen molar-refractivity contribution in [3.63, 3.8) is 0 Å². The van der Waals surface area contributed by atoms with Crippen molar-refractivity contribution in [2.24, 2.45) is 0 Å². The molecule has 1 N–H and O–H groups in total. The number of nitrogens with zero attached hydrogens (tertiary/aromatic N) is 2. The number of rotatable bonds is 4. The molecule has 0 bridgehead atoms. The fourth-order valence-corrected chi connectivity index (χ4v) is 3.20. The van der Waals surface area contributed by atoms with E-state index in [4.69, 9.17) is 0 Å². The molecule has 0 aliphatic carbocycles. The van der Waals surface area contributed by atoms with Gasteiger partial charge in [0.05, 0.1) is 5.56 Å². The van der Waals surface area contributed by atoms with Crippen molar-refractivity contribution in [1.82, 2.24) is 9.47 Å². The minimum atomic E-state index is -0.965. The van der Waals surface area contributed by atoms with Crippen LogP contribution in [0.4, 0.5) is 0 Å². The largest absolute Gasteiger partial charge is 0.478 e. The fourth-order valence-electron chi connectivity index (χ4n) is 3.20. The Balaban J connectivity index is 2.39. The molecule has 1 aliphatic rings. The molecule has 1 unspecified atom stereocenters. The van der Waals surface area contributed by atoms with Gasteiger partial charge in [-0.3, -0.25) is 9.69 Å². The molecule has 1 aromatic rings. The van der Waals surface area contributed by atoms with Gasteiger partial charge in [0.15, 0.2) is 0 Å². The molecule has 2 rings (SSSR count). The van der Waals surface area contributed by atoms with Gasteiger partial charge in [-0.2, -0.15) is 0 Å². The van der Waals surface area contributed by atoms with E-state index in [9.17, 15) is 14.7 Å². The lowest BCUT2D eigenvalue weighted by molar-refractivity contribution is 0.0693. The first-order valence-electron chi connectivity index (χ1n) is 7.14. The zero-order valence-corrected chi connectivity index (χ0v) is 12.3. The highest BCUT2D eigenvalue weighted by Crippen LogP contribution is 2.19. The van der Waals surface area contributed by atoms with Crippen LogP contribution in [0.25, 0.3) is 0 Å². The van der Waals surface area contributed by atoms with E-state index in [0.717, 1.165) is 25.9 Å². The van der Waals surface area contributed by atoms with E-state index in [1.807, 2.05) is 0 Å². The predicted octanol–water partition coefficient (Wildman–Crippen LogP) is 1.65. The Labute approximate surface area is 118 Å². The standard InChI is InChI=1S/C15H22N2O3/c1-4-16-7-5-6-12(16)9-17-11(3)14(15(19)20)10(2)8-13(17)18/h8,12H,4-7,9H2,1-3H3,(H,19,20). The van der Waals surface area contributed by atoms with E-state index in [0.29, 0.717) is 23.8 Å². The van der Waals surface area contributed by atoms with Crippen LogP contribution < -0.4 is 5.56 Å². The number of carboxylic acid groups (broad SMARTS) is 1. The minimum absolute atomic E-state index is 0.104. The molecule has 0 saturated carbocycles. The summed E-state index contributed by atoms with van der Waals surface area (Å²) in [6, 6.07) is 1.77. The predicted molar refractivity (Wildman–Crippen MR) is 77.4 cm³/mol. The highest BCUT2D eigenvalue weighted by Gasteiger charge is 2.25. The normalized spacial score (nSPS) is 19.4. The maximum absolute atomic E-state index is 12.2. The molecule has 110 valence electrons. The van der Waals surface area contributed by atoms with Gasteiger partial charge in [-0.15, -0.1) is 0 Å². The molecular weight excluding hydrogens is 256 g/mol. The molecule has 0 amide bonds. The summed E-state index contributed by atoms with van der Waals surface area (Å²) >= 11 is 0. The van der Waals surface area contributed by atoms with E-state index >= 15 is 0 Å². The third-order valence-electron chi connectivity index (χ3n) is 4.28. The molecular formula is C15H22N2O3. The second kappa shape index (κ2) is 5.79. The molecule has 5 heteroatoms. The van der Waals surface area contributed by atoms with Crippen molar-refractivity contribution >= 4 is 5.97 Å². The Hall–Kier alpha value is -1.62. The van der Waals surface area contributed by atoms with Gasteiger partial charge in [0.2, 0.25) is 0 Å². The van der Waals surface area contributed by atoms with Crippen LogP contribution in [0.5, 0.6) is 0 Å². The van der Waals surface area contributed by atoms with Crippen molar-refractivity contribution in [2.75, 3.05) is 13.1 Å². The second-order valence-electron chi connectivity index (χ2n) is 5.47. The van der Waals surface area contributed by atoms with Crippen LogP contribution in [-0.4, -0.2) is 39.7 Å². The maximum Gasteiger partial charge on any atom is 0.337 e. The molecule has 0 spiro atoms. The van der Waals surface area contributed by atoms with Gasteiger partial charge < -0.3 is 9.67 Å². The summed E-state index contributed by atoms with van der Waals surface area (Å²) < 4.78 is 1.62. The van der Waals surface area contributed by atoms with E-state index in [2.05, 4.69) is 11.8 Å². The highest BCUT2D eigenvalue weighted by molar-refractivity contribution is 5.90. The minimum Gasteiger partial charge on any atom is -0.478 e. The zero-order chi connectivity index (χ0) is 14.9. The quantitative estimate of drug-likeness (QED) is 0.909. The first kappa shape index (κ1) is 14.8. The molecule has 1 saturated heterocycles. The van der Waals surface area contributed by atoms with Crippen LogP contribution in [0, 0.1) is 13.8 Å². The Morgan fingerprint density at radius 1 is 1.45 bits per heavy atom. The Morgan fingerprint density at radius 3 is 2.75 bits per heavy atom. The summed E-state index contributed by atoms with van der Waals surface area (Å²) in [4.78, 5) is 25.9. The summed E-state index contributed by atoms with van der Waals surface area (Å²) in [5.41, 5.74) is 1.25. The average Bonchev–Trinajstić information content (AvgIpc) is 2.80. The molecule has 0 aromatic carbocycles. The smallest absolute Gasteiger partial charge is 0.337 e. The molecule has 0 radical (unpaired) electrons. The molecule has 1 aliphatic heterocycles. The van der Waals surface area contributed by atoms with Crippen LogP contribution in [0.15, 0.2) is 10.9 Å². The number of likely N-dealkylation sites (N-methyl/N-ethyl adjacent to an activating group) is 1. The Kier molecular flexibility index (Phi) is 4.28. The number of carbonyl (C=O) groups is 1. The lowest BCUT2D eigenvalue weighted by Crippen LogP contribution is -2.37. The van der Waals surface area contributed by atoms with Gasteiger partial charge >= 0.3 is 5.97 Å². The molecule has 20 heavy (non-hydrogen) atoms. The van der Waals surface area contributed by atoms with Gasteiger partial charge in [-0.1, -0.05) is 6.92 Å². The van der Waals surface area contributed by atoms with Gasteiger partial charge in [0.25, 0.3) is 5.56 Å². The first-order chi connectivity index (χ1) is 9.45. The van der Waals surface area contributed by atoms with Gasteiger partial charge in [-0.05, 0) is 45.3 Å². The van der Waals surface area contributed by atoms with Crippen molar-refractivity contribution in [3.05, 3.63) is 33.2 Å². The molecule has 1 fully saturated rings. The summed E-state index contributed by atoms with van der Waals surface area (Å²) in [6.07, 6.45) is 2.21. The molecule has 1 atom stereocenters. The number of hydrogen-bond donors (Lipinski definition) is 1. The van der Waals surface area contributed by atoms with Gasteiger partial charge in [0.1, 0.15) is 0 Å². The Morgan fingerprint density at radius 2 is 2.15 bits per heavy atom. The van der Waals surface area contributed by atoms with Gasteiger partial charge in [0, 0.05) is 24.3 Å². The second-order valence-corrected chi connectivity index (χ2v) is 5.47. The van der Waals surface area contributed by atoms with Crippen molar-refractivity contribution in [1.29, 1.82) is 0 Å². The fraction of sp³-hybridized carbons (Fsp3) is 0.600. The number of pyridine rings is 1. The number of aryl methyl sites for hydroxylation is 1. The van der Waals surface area contributed by atoms with Crippen LogP contribution in [0.1, 0.15) is 41.4 Å². The van der Waals surface area contributed by atoms with Crippen molar-refractivity contribution < 1.29 is 9.90 Å². The molecule has 1 aromatic heterocycles. The topological polar surface area (TPSA) is 62.5 Å². The highest BCUT2D eigenvalue weighted by atomic mass is 16.4. The third kappa shape index (κ3) is 2.63. The number of likely N-dealkylation sites (tertiary alicyclic amines) is 1. The lowest BCUT2D eigenvalue weighted by Gasteiger charge is -2.25. The maximum atomic E-state index is 12.2. The van der Waals surface area contributed by atoms with Crippen LogP contribution in [0.3, 0.4) is 0 Å². The number of hydrogen-bond acceptors (Lipinski definition) is 3. The van der Waals surface area contributed by atoms with E-state index in [1.54, 1.807) is 18.4 Å². The lowest BCUT2D eigenvalue weighted by atomic mass is 10.1. The Bertz CT molecular complexity index is 577. The van der Waals surface area contributed by atoms with Crippen LogP contribution in [0.2, 0.25) is 0 Å². The van der Waals surface area contributed by atoms with Crippen molar-refractivity contribution in [3.8, 4) is 0 Å². The van der Waals surface area contributed by atoms with E-state index < -0.39 is 5.97 Å². The average molecular weight is 278 g/mol. The van der Waals surface area contributed by atoms with E-state index in [1.165, 1.54) is 6.07 Å². The summed E-state index contributed by atoms with van der Waals surface area (Å²) in [7, 11) is 0. The van der Waals surface area contributed by atoms with E-state index in [-0.39, 0.29) is 11.1 Å². The molecule has 5 nitrogen and oxygen atoms in total. The first-order valence-corrected chi connectivity index (χ1v) is 7.14. The number of aromatic carboxylic acids is 1. The number of carboxylic acids is 1. The summed E-state index contributed by atoms with van der Waals surface area (Å²) in [6.45, 7) is 8.13. The zero-order valence-electron chi connectivity index (χ0n) is 12.3.